The number of fused-ring (bicyclic) bond motifs is 1. The Morgan fingerprint density at radius 1 is 1.05 bits per heavy atom. The van der Waals surface area contributed by atoms with E-state index < -0.39 is 23.6 Å². The molecule has 0 saturated carbocycles. The van der Waals surface area contributed by atoms with E-state index in [2.05, 4.69) is 14.8 Å². The zero-order chi connectivity index (χ0) is 30.4. The molecule has 0 aliphatic carbocycles. The quantitative estimate of drug-likeness (QED) is 0.269. The van der Waals surface area contributed by atoms with E-state index in [1.165, 1.54) is 0 Å². The fraction of sp³-hybridized carbons (Fsp3) is 0.531. The highest BCUT2D eigenvalue weighted by Gasteiger charge is 2.35. The lowest BCUT2D eigenvalue weighted by Gasteiger charge is -2.41. The number of aliphatic hydroxyl groups excluding tert-OH is 2. The van der Waals surface area contributed by atoms with Crippen molar-refractivity contribution >= 4 is 22.7 Å². The van der Waals surface area contributed by atoms with E-state index in [-0.39, 0.29) is 16.9 Å². The van der Waals surface area contributed by atoms with E-state index in [1.54, 1.807) is 7.11 Å². The van der Waals surface area contributed by atoms with Crippen LogP contribution in [-0.4, -0.2) is 90.4 Å². The number of ether oxygens (including phenoxy) is 2. The molecule has 1 unspecified atom stereocenters. The van der Waals surface area contributed by atoms with Crippen LogP contribution in [0.25, 0.3) is 10.9 Å². The van der Waals surface area contributed by atoms with E-state index in [4.69, 9.17) is 9.47 Å². The van der Waals surface area contributed by atoms with Crippen molar-refractivity contribution in [3.8, 4) is 5.75 Å². The standard InChI is InChI=1S/C32H40F3N3O4S/c1-41-24-2-3-28-25(18-24)30(22(19-36-28)20-38-10-13-42-14-11-38)29(40)4-5-32(21-39)6-8-37(9-7-32)12-15-43-31-26(34)16-23(33)17-27(31)35/h2-3,16-19,29,39-40H,4-15,20-21H2,1H3. The van der Waals surface area contributed by atoms with Gasteiger partial charge in [-0.05, 0) is 73.5 Å². The van der Waals surface area contributed by atoms with Gasteiger partial charge < -0.3 is 24.6 Å². The van der Waals surface area contributed by atoms with Crippen LogP contribution in [0.1, 0.15) is 42.9 Å². The summed E-state index contributed by atoms with van der Waals surface area (Å²) in [6.45, 7) is 5.81. The summed E-state index contributed by atoms with van der Waals surface area (Å²) in [4.78, 5) is 9.05. The number of hydrogen-bond acceptors (Lipinski definition) is 8. The minimum absolute atomic E-state index is 0.0276. The first-order valence-corrected chi connectivity index (χ1v) is 15.8. The van der Waals surface area contributed by atoms with Gasteiger partial charge in [0, 0.05) is 62.3 Å². The number of aliphatic hydroxyl groups is 2. The maximum atomic E-state index is 14.0. The molecule has 0 amide bonds. The molecular formula is C32H40F3N3O4S. The summed E-state index contributed by atoms with van der Waals surface area (Å²) in [5, 5.41) is 23.0. The maximum Gasteiger partial charge on any atom is 0.142 e. The fourth-order valence-corrected chi connectivity index (χ4v) is 7.10. The average molecular weight is 620 g/mol. The normalized spacial score (nSPS) is 18.7. The van der Waals surface area contributed by atoms with Gasteiger partial charge in [-0.2, -0.15) is 0 Å². The van der Waals surface area contributed by atoms with Crippen molar-refractivity contribution < 1.29 is 32.9 Å². The van der Waals surface area contributed by atoms with Crippen molar-refractivity contribution in [2.24, 2.45) is 5.41 Å². The molecule has 2 saturated heterocycles. The van der Waals surface area contributed by atoms with Crippen LogP contribution in [0, 0.1) is 22.9 Å². The number of methoxy groups -OCH3 is 1. The Balaban J connectivity index is 1.22. The summed E-state index contributed by atoms with van der Waals surface area (Å²) < 4.78 is 52.2. The number of aromatic nitrogens is 1. The summed E-state index contributed by atoms with van der Waals surface area (Å²) in [5.74, 6) is -1.52. The SMILES string of the molecule is COc1ccc2ncc(CN3CCOCC3)c(C(O)CCC3(CO)CCN(CCSc4c(F)cc(F)cc4F)CC3)c2c1. The molecule has 1 aromatic heterocycles. The zero-order valence-corrected chi connectivity index (χ0v) is 25.4. The Bertz CT molecular complexity index is 1360. The van der Waals surface area contributed by atoms with E-state index >= 15 is 0 Å². The molecule has 0 radical (unpaired) electrons. The van der Waals surface area contributed by atoms with Gasteiger partial charge in [-0.15, -0.1) is 11.8 Å². The van der Waals surface area contributed by atoms with Gasteiger partial charge in [0.25, 0.3) is 0 Å². The smallest absolute Gasteiger partial charge is 0.142 e. The van der Waals surface area contributed by atoms with E-state index in [1.807, 2.05) is 24.4 Å². The van der Waals surface area contributed by atoms with Crippen LogP contribution >= 0.6 is 11.8 Å². The van der Waals surface area contributed by atoms with E-state index in [0.29, 0.717) is 62.8 Å². The first-order valence-electron chi connectivity index (χ1n) is 14.8. The minimum Gasteiger partial charge on any atom is -0.497 e. The second-order valence-corrected chi connectivity index (χ2v) is 12.7. The molecule has 2 aliphatic heterocycles. The highest BCUT2D eigenvalue weighted by molar-refractivity contribution is 7.99. The Hall–Kier alpha value is -2.41. The number of likely N-dealkylation sites (tertiary alicyclic amines) is 1. The van der Waals surface area contributed by atoms with Gasteiger partial charge in [0.05, 0.1) is 36.8 Å². The summed E-state index contributed by atoms with van der Waals surface area (Å²) in [7, 11) is 1.62. The number of thioether (sulfide) groups is 1. The maximum absolute atomic E-state index is 14.0. The number of morpholine rings is 1. The molecule has 2 aromatic carbocycles. The molecule has 2 aliphatic rings. The molecule has 0 spiro atoms. The second-order valence-electron chi connectivity index (χ2n) is 11.6. The van der Waals surface area contributed by atoms with Crippen LogP contribution in [0.5, 0.6) is 5.75 Å². The van der Waals surface area contributed by atoms with Crippen LogP contribution in [0.15, 0.2) is 41.4 Å². The van der Waals surface area contributed by atoms with Gasteiger partial charge in [-0.3, -0.25) is 9.88 Å². The molecular weight excluding hydrogens is 579 g/mol. The summed E-state index contributed by atoms with van der Waals surface area (Å²) >= 11 is 1.05. The number of nitrogens with zero attached hydrogens (tertiary/aromatic N) is 3. The number of benzene rings is 2. The molecule has 5 rings (SSSR count). The molecule has 3 aromatic rings. The summed E-state index contributed by atoms with van der Waals surface area (Å²) in [6.07, 6.45) is 3.78. The lowest BCUT2D eigenvalue weighted by atomic mass is 9.74. The molecule has 3 heterocycles. The van der Waals surface area contributed by atoms with Crippen molar-refractivity contribution in [2.45, 2.75) is 43.2 Å². The van der Waals surface area contributed by atoms with Crippen LogP contribution < -0.4 is 4.74 Å². The van der Waals surface area contributed by atoms with Crippen LogP contribution in [0.4, 0.5) is 13.2 Å². The highest BCUT2D eigenvalue weighted by Crippen LogP contribution is 2.40. The largest absolute Gasteiger partial charge is 0.497 e. The average Bonchev–Trinajstić information content (AvgIpc) is 3.02. The van der Waals surface area contributed by atoms with Gasteiger partial charge in [0.2, 0.25) is 0 Å². The van der Waals surface area contributed by atoms with Gasteiger partial charge >= 0.3 is 0 Å². The molecule has 11 heteroatoms. The van der Waals surface area contributed by atoms with E-state index in [0.717, 1.165) is 72.8 Å². The van der Waals surface area contributed by atoms with Crippen molar-refractivity contribution in [2.75, 3.05) is 65.4 Å². The Labute approximate surface area is 255 Å². The predicted molar refractivity (Wildman–Crippen MR) is 161 cm³/mol. The van der Waals surface area contributed by atoms with Gasteiger partial charge in [0.1, 0.15) is 23.2 Å². The summed E-state index contributed by atoms with van der Waals surface area (Å²) in [6, 6.07) is 7.11. The third kappa shape index (κ3) is 7.82. The third-order valence-corrected chi connectivity index (χ3v) is 9.91. The zero-order valence-electron chi connectivity index (χ0n) is 24.5. The van der Waals surface area contributed by atoms with Crippen LogP contribution in [-0.2, 0) is 11.3 Å². The van der Waals surface area contributed by atoms with Crippen molar-refractivity contribution in [3.05, 3.63) is 65.1 Å². The third-order valence-electron chi connectivity index (χ3n) is 8.85. The van der Waals surface area contributed by atoms with E-state index in [9.17, 15) is 23.4 Å². The molecule has 2 N–H and O–H groups in total. The number of halogens is 3. The summed E-state index contributed by atoms with van der Waals surface area (Å²) in [5.41, 5.74) is 2.32. The number of rotatable bonds is 12. The second kappa shape index (κ2) is 14.6. The number of piperidine rings is 1. The topological polar surface area (TPSA) is 78.3 Å². The molecule has 7 nitrogen and oxygen atoms in total. The fourth-order valence-electron chi connectivity index (χ4n) is 6.15. The Morgan fingerprint density at radius 2 is 1.77 bits per heavy atom. The lowest BCUT2D eigenvalue weighted by molar-refractivity contribution is 0.0245. The predicted octanol–water partition coefficient (Wildman–Crippen LogP) is 5.17. The Kier molecular flexibility index (Phi) is 10.8. The monoisotopic (exact) mass is 619 g/mol. The molecule has 1 atom stereocenters. The van der Waals surface area contributed by atoms with Crippen molar-refractivity contribution in [1.29, 1.82) is 0 Å². The van der Waals surface area contributed by atoms with Crippen molar-refractivity contribution in [1.82, 2.24) is 14.8 Å². The first-order chi connectivity index (χ1) is 20.8. The van der Waals surface area contributed by atoms with Gasteiger partial charge in [-0.25, -0.2) is 13.2 Å². The van der Waals surface area contributed by atoms with Gasteiger partial charge in [0.15, 0.2) is 0 Å². The first kappa shape index (κ1) is 32.0. The van der Waals surface area contributed by atoms with Crippen LogP contribution in [0.3, 0.4) is 0 Å². The molecule has 2 fully saturated rings. The molecule has 0 bridgehead atoms. The Morgan fingerprint density at radius 3 is 2.44 bits per heavy atom. The number of hydrogen-bond donors (Lipinski definition) is 2. The molecule has 43 heavy (non-hydrogen) atoms. The lowest BCUT2D eigenvalue weighted by Crippen LogP contribution is -2.43. The van der Waals surface area contributed by atoms with Gasteiger partial charge in [-0.1, -0.05) is 0 Å². The van der Waals surface area contributed by atoms with Crippen LogP contribution in [0.2, 0.25) is 0 Å². The highest BCUT2D eigenvalue weighted by atomic mass is 32.2. The number of pyridine rings is 1. The minimum atomic E-state index is -0.925. The molecule has 234 valence electrons. The van der Waals surface area contributed by atoms with Crippen molar-refractivity contribution in [3.63, 3.8) is 0 Å².